The summed E-state index contributed by atoms with van der Waals surface area (Å²) in [4.78, 5) is 27.7. The number of amides is 2. The zero-order valence-electron chi connectivity index (χ0n) is 14.7. The van der Waals surface area contributed by atoms with Crippen molar-refractivity contribution < 1.29 is 9.59 Å². The van der Waals surface area contributed by atoms with Crippen LogP contribution in [-0.4, -0.2) is 53.5 Å². The normalized spacial score (nSPS) is 17.6. The Morgan fingerprint density at radius 2 is 1.96 bits per heavy atom. The summed E-state index contributed by atoms with van der Waals surface area (Å²) in [6.07, 6.45) is 0.994. The smallest absolute Gasteiger partial charge is 0.233 e. The summed E-state index contributed by atoms with van der Waals surface area (Å²) < 4.78 is 0. The van der Waals surface area contributed by atoms with Crippen LogP contribution in [0.3, 0.4) is 0 Å². The molecule has 2 rings (SSSR count). The number of thioether (sulfide) groups is 1. The first kappa shape index (κ1) is 18.8. The minimum absolute atomic E-state index is 0.0776. The van der Waals surface area contributed by atoms with E-state index in [9.17, 15) is 9.59 Å². The molecule has 0 bridgehead atoms. The van der Waals surface area contributed by atoms with Crippen LogP contribution in [-0.2, 0) is 9.59 Å². The van der Waals surface area contributed by atoms with E-state index >= 15 is 0 Å². The lowest BCUT2D eigenvalue weighted by Crippen LogP contribution is -2.32. The maximum Gasteiger partial charge on any atom is 0.233 e. The Morgan fingerprint density at radius 1 is 1.29 bits per heavy atom. The second-order valence-electron chi connectivity index (χ2n) is 5.93. The molecule has 0 spiro atoms. The Morgan fingerprint density at radius 3 is 2.54 bits per heavy atom. The quantitative estimate of drug-likeness (QED) is 0.784. The molecule has 1 saturated heterocycles. The van der Waals surface area contributed by atoms with Crippen LogP contribution in [0.25, 0.3) is 0 Å². The second kappa shape index (κ2) is 9.08. The van der Waals surface area contributed by atoms with Crippen molar-refractivity contribution in [1.29, 1.82) is 0 Å². The number of benzene rings is 1. The molecule has 1 aromatic rings. The molecule has 0 aromatic heterocycles. The number of nitrogens with one attached hydrogen (secondary N) is 1. The predicted octanol–water partition coefficient (Wildman–Crippen LogP) is 2.95. The molecule has 1 unspecified atom stereocenters. The fourth-order valence-corrected chi connectivity index (χ4v) is 4.13. The van der Waals surface area contributed by atoms with Crippen LogP contribution in [0.2, 0.25) is 0 Å². The largest absolute Gasteiger partial charge is 0.326 e. The third-order valence-electron chi connectivity index (χ3n) is 4.25. The Hall–Kier alpha value is -1.53. The molecule has 132 valence electrons. The summed E-state index contributed by atoms with van der Waals surface area (Å²) in [6, 6.07) is 7.79. The Balaban J connectivity index is 1.97. The van der Waals surface area contributed by atoms with Gasteiger partial charge in [0.1, 0.15) is 5.37 Å². The molecule has 24 heavy (non-hydrogen) atoms. The molecule has 0 aliphatic carbocycles. The summed E-state index contributed by atoms with van der Waals surface area (Å²) in [7, 11) is 0. The minimum atomic E-state index is -0.0776. The molecule has 5 nitrogen and oxygen atoms in total. The Kier molecular flexibility index (Phi) is 7.12. The maximum atomic E-state index is 12.2. The van der Waals surface area contributed by atoms with Crippen molar-refractivity contribution in [1.82, 2.24) is 9.80 Å². The molecular formula is C18H27N3O2S. The van der Waals surface area contributed by atoms with Gasteiger partial charge in [0, 0.05) is 19.2 Å². The zero-order chi connectivity index (χ0) is 17.5. The molecule has 2 amide bonds. The van der Waals surface area contributed by atoms with Crippen LogP contribution in [0.1, 0.15) is 38.1 Å². The van der Waals surface area contributed by atoms with Crippen molar-refractivity contribution in [2.24, 2.45) is 0 Å². The summed E-state index contributed by atoms with van der Waals surface area (Å²) in [5.41, 5.74) is 1.90. The van der Waals surface area contributed by atoms with Gasteiger partial charge in [0.15, 0.2) is 0 Å². The van der Waals surface area contributed by atoms with Crippen LogP contribution < -0.4 is 5.32 Å². The van der Waals surface area contributed by atoms with Gasteiger partial charge in [-0.3, -0.25) is 9.59 Å². The van der Waals surface area contributed by atoms with Gasteiger partial charge in [-0.05, 0) is 43.8 Å². The van der Waals surface area contributed by atoms with E-state index in [-0.39, 0.29) is 17.2 Å². The van der Waals surface area contributed by atoms with Gasteiger partial charge in [-0.25, -0.2) is 0 Å². The highest BCUT2D eigenvalue weighted by Crippen LogP contribution is 2.38. The first-order valence-corrected chi connectivity index (χ1v) is 9.61. The van der Waals surface area contributed by atoms with E-state index in [0.717, 1.165) is 43.9 Å². The lowest BCUT2D eigenvalue weighted by atomic mass is 10.2. The number of hydrogen-bond donors (Lipinski definition) is 1. The maximum absolute atomic E-state index is 12.2. The molecule has 1 fully saturated rings. The number of anilines is 1. The highest BCUT2D eigenvalue weighted by atomic mass is 32.2. The Bertz CT molecular complexity index is 558. The predicted molar refractivity (Wildman–Crippen MR) is 100 cm³/mol. The average molecular weight is 350 g/mol. The van der Waals surface area contributed by atoms with E-state index in [1.165, 1.54) is 6.92 Å². The SMILES string of the molecule is CCN(CC)CCCN1C(=O)CSC1c1ccc(NC(C)=O)cc1. The van der Waals surface area contributed by atoms with Crippen LogP contribution in [0, 0.1) is 0 Å². The fourth-order valence-electron chi connectivity index (χ4n) is 2.91. The van der Waals surface area contributed by atoms with Gasteiger partial charge in [-0.2, -0.15) is 0 Å². The van der Waals surface area contributed by atoms with Gasteiger partial charge in [0.05, 0.1) is 5.75 Å². The summed E-state index contributed by atoms with van der Waals surface area (Å²) in [6.45, 7) is 9.74. The number of hydrogen-bond acceptors (Lipinski definition) is 4. The van der Waals surface area contributed by atoms with Crippen molar-refractivity contribution in [3.63, 3.8) is 0 Å². The van der Waals surface area contributed by atoms with Crippen molar-refractivity contribution in [2.45, 2.75) is 32.6 Å². The third kappa shape index (κ3) is 4.98. The molecular weight excluding hydrogens is 322 g/mol. The highest BCUT2D eigenvalue weighted by molar-refractivity contribution is 8.00. The van der Waals surface area contributed by atoms with Crippen LogP contribution in [0.4, 0.5) is 5.69 Å². The molecule has 6 heteroatoms. The standard InChI is InChI=1S/C18H27N3O2S/c1-4-20(5-2)11-6-12-21-17(23)13-24-18(21)15-7-9-16(10-8-15)19-14(3)22/h7-10,18H,4-6,11-13H2,1-3H3,(H,19,22). The second-order valence-corrected chi connectivity index (χ2v) is 7.00. The molecule has 1 N–H and O–H groups in total. The number of rotatable bonds is 8. The van der Waals surface area contributed by atoms with Gasteiger partial charge in [-0.15, -0.1) is 11.8 Å². The monoisotopic (exact) mass is 349 g/mol. The van der Waals surface area contributed by atoms with Crippen molar-refractivity contribution in [3.05, 3.63) is 29.8 Å². The fraction of sp³-hybridized carbons (Fsp3) is 0.556. The van der Waals surface area contributed by atoms with E-state index < -0.39 is 0 Å². The number of carbonyl (C=O) groups excluding carboxylic acids is 2. The topological polar surface area (TPSA) is 52.6 Å². The third-order valence-corrected chi connectivity index (χ3v) is 5.51. The van der Waals surface area contributed by atoms with Crippen LogP contribution >= 0.6 is 11.8 Å². The summed E-state index contributed by atoms with van der Waals surface area (Å²) >= 11 is 1.68. The molecule has 0 radical (unpaired) electrons. The molecule has 0 saturated carbocycles. The lowest BCUT2D eigenvalue weighted by molar-refractivity contribution is -0.128. The molecule has 1 aliphatic rings. The average Bonchev–Trinajstić information content (AvgIpc) is 2.93. The van der Waals surface area contributed by atoms with Crippen LogP contribution in [0.15, 0.2) is 24.3 Å². The molecule has 1 aliphatic heterocycles. The van der Waals surface area contributed by atoms with Gasteiger partial charge in [-0.1, -0.05) is 26.0 Å². The first-order chi connectivity index (χ1) is 11.5. The van der Waals surface area contributed by atoms with E-state index in [4.69, 9.17) is 0 Å². The van der Waals surface area contributed by atoms with E-state index in [2.05, 4.69) is 24.1 Å². The van der Waals surface area contributed by atoms with Gasteiger partial charge < -0.3 is 15.1 Å². The lowest BCUT2D eigenvalue weighted by Gasteiger charge is -2.26. The van der Waals surface area contributed by atoms with Gasteiger partial charge in [0.2, 0.25) is 11.8 Å². The van der Waals surface area contributed by atoms with E-state index in [1.807, 2.05) is 29.2 Å². The molecule has 1 atom stereocenters. The zero-order valence-corrected chi connectivity index (χ0v) is 15.6. The molecule has 1 aromatic carbocycles. The Labute approximate surface area is 148 Å². The van der Waals surface area contributed by atoms with Crippen LogP contribution in [0.5, 0.6) is 0 Å². The van der Waals surface area contributed by atoms with Gasteiger partial charge >= 0.3 is 0 Å². The van der Waals surface area contributed by atoms with E-state index in [0.29, 0.717) is 5.75 Å². The number of carbonyl (C=O) groups is 2. The minimum Gasteiger partial charge on any atom is -0.326 e. The van der Waals surface area contributed by atoms with Crippen molar-refractivity contribution >= 4 is 29.3 Å². The van der Waals surface area contributed by atoms with Crippen molar-refractivity contribution in [3.8, 4) is 0 Å². The van der Waals surface area contributed by atoms with Gasteiger partial charge in [0.25, 0.3) is 0 Å². The first-order valence-electron chi connectivity index (χ1n) is 8.56. The molecule has 1 heterocycles. The number of nitrogens with zero attached hydrogens (tertiary/aromatic N) is 2. The summed E-state index contributed by atoms with van der Waals surface area (Å²) in [5, 5.41) is 2.85. The van der Waals surface area contributed by atoms with E-state index in [1.54, 1.807) is 11.8 Å². The van der Waals surface area contributed by atoms with Crippen molar-refractivity contribution in [2.75, 3.05) is 37.2 Å². The summed E-state index contributed by atoms with van der Waals surface area (Å²) in [5.74, 6) is 0.685. The highest BCUT2D eigenvalue weighted by Gasteiger charge is 2.32.